The van der Waals surface area contributed by atoms with E-state index in [1.807, 2.05) is 12.1 Å². The summed E-state index contributed by atoms with van der Waals surface area (Å²) >= 11 is 12.6. The number of benzene rings is 2. The number of rotatable bonds is 7. The molecule has 0 spiro atoms. The smallest absolute Gasteiger partial charge is 0.141 e. The molecule has 0 atom stereocenters. The third kappa shape index (κ3) is 5.77. The summed E-state index contributed by atoms with van der Waals surface area (Å²) in [7, 11) is 0. The van der Waals surface area contributed by atoms with Crippen molar-refractivity contribution in [1.29, 1.82) is 5.26 Å². The van der Waals surface area contributed by atoms with Crippen LogP contribution >= 0.6 is 23.2 Å². The topological polar surface area (TPSA) is 97.1 Å². The first kappa shape index (κ1) is 27.1. The number of nitrogens with zero attached hydrogens (tertiary/aromatic N) is 4. The summed E-state index contributed by atoms with van der Waals surface area (Å²) in [4.78, 5) is 11.1. The van der Waals surface area contributed by atoms with Crippen LogP contribution in [-0.2, 0) is 12.1 Å². The highest BCUT2D eigenvalue weighted by Crippen LogP contribution is 2.36. The zero-order chi connectivity index (χ0) is 27.6. The molecule has 1 saturated heterocycles. The normalized spacial score (nSPS) is 15.2. The lowest BCUT2D eigenvalue weighted by Gasteiger charge is -2.38. The SMILES string of the molecule is CCN1CCC(O)(c2cncc(CNc3cc(Cl)c4ncc(C#N)c(Nc5ccc(F)c(Cl)c5)c4c3)c2)CC1. The number of hydrogen-bond donors (Lipinski definition) is 3. The van der Waals surface area contributed by atoms with Gasteiger partial charge in [0, 0.05) is 60.5 Å². The minimum Gasteiger partial charge on any atom is -0.385 e. The number of aromatic nitrogens is 2. The molecule has 7 nitrogen and oxygen atoms in total. The van der Waals surface area contributed by atoms with Crippen molar-refractivity contribution in [3.63, 3.8) is 0 Å². The van der Waals surface area contributed by atoms with Gasteiger partial charge >= 0.3 is 0 Å². The molecule has 3 heterocycles. The van der Waals surface area contributed by atoms with Crippen LogP contribution in [0.2, 0.25) is 10.0 Å². The molecule has 39 heavy (non-hydrogen) atoms. The van der Waals surface area contributed by atoms with Crippen LogP contribution in [0.3, 0.4) is 0 Å². The Morgan fingerprint density at radius 1 is 1.08 bits per heavy atom. The van der Waals surface area contributed by atoms with Crippen molar-refractivity contribution in [2.24, 2.45) is 0 Å². The van der Waals surface area contributed by atoms with E-state index in [1.54, 1.807) is 24.5 Å². The Kier molecular flexibility index (Phi) is 7.87. The number of nitrogens with one attached hydrogen (secondary N) is 2. The number of fused-ring (bicyclic) bond motifs is 1. The van der Waals surface area contributed by atoms with E-state index in [0.717, 1.165) is 30.8 Å². The number of piperidine rings is 1. The second-order valence-corrected chi connectivity index (χ2v) is 10.5. The number of anilines is 3. The van der Waals surface area contributed by atoms with Gasteiger partial charge in [0.2, 0.25) is 0 Å². The predicted octanol–water partition coefficient (Wildman–Crippen LogP) is 6.61. The standard InChI is InChI=1S/C29H27Cl2FN6O/c1-2-38-7-5-29(39,6-8-38)20-9-18(14-34-17-20)15-35-22-10-23-27(37-21-3-4-26(32)24(30)11-21)19(13-33)16-36-28(23)25(31)12-22/h3-4,9-12,14,16-17,35,39H,2,5-8,15H2,1H3,(H,36,37). The molecule has 5 rings (SSSR count). The van der Waals surface area contributed by atoms with E-state index in [-0.39, 0.29) is 5.02 Å². The van der Waals surface area contributed by atoms with E-state index in [2.05, 4.69) is 38.5 Å². The van der Waals surface area contributed by atoms with Crippen molar-refractivity contribution in [1.82, 2.24) is 14.9 Å². The van der Waals surface area contributed by atoms with Gasteiger partial charge in [0.05, 0.1) is 32.4 Å². The van der Waals surface area contributed by atoms with Crippen LogP contribution in [0, 0.1) is 17.1 Å². The van der Waals surface area contributed by atoms with Crippen molar-refractivity contribution in [2.45, 2.75) is 31.9 Å². The van der Waals surface area contributed by atoms with Gasteiger partial charge in [-0.2, -0.15) is 5.26 Å². The van der Waals surface area contributed by atoms with Gasteiger partial charge in [-0.1, -0.05) is 30.1 Å². The molecule has 0 aliphatic carbocycles. The molecular formula is C29H27Cl2FN6O. The summed E-state index contributed by atoms with van der Waals surface area (Å²) in [5.74, 6) is -0.533. The summed E-state index contributed by atoms with van der Waals surface area (Å²) < 4.78 is 13.7. The summed E-state index contributed by atoms with van der Waals surface area (Å²) in [5, 5.41) is 28.6. The van der Waals surface area contributed by atoms with Gasteiger partial charge in [-0.25, -0.2) is 4.39 Å². The zero-order valence-corrected chi connectivity index (χ0v) is 22.8. The molecule has 1 aliphatic heterocycles. The Hall–Kier alpha value is -3.48. The van der Waals surface area contributed by atoms with Gasteiger partial charge in [-0.05, 0) is 61.3 Å². The van der Waals surface area contributed by atoms with Crippen LogP contribution in [0.4, 0.5) is 21.5 Å². The van der Waals surface area contributed by atoms with Crippen LogP contribution < -0.4 is 10.6 Å². The summed E-state index contributed by atoms with van der Waals surface area (Å²) in [6.45, 7) is 5.26. The third-order valence-corrected chi connectivity index (χ3v) is 7.77. The zero-order valence-electron chi connectivity index (χ0n) is 21.3. The second-order valence-electron chi connectivity index (χ2n) is 9.67. The number of likely N-dealkylation sites (tertiary alicyclic amines) is 1. The summed E-state index contributed by atoms with van der Waals surface area (Å²) in [6, 6.07) is 12.0. The molecule has 0 radical (unpaired) electrons. The largest absolute Gasteiger partial charge is 0.385 e. The van der Waals surface area contributed by atoms with Gasteiger partial charge in [-0.3, -0.25) is 9.97 Å². The predicted molar refractivity (Wildman–Crippen MR) is 153 cm³/mol. The molecule has 3 N–H and O–H groups in total. The quantitative estimate of drug-likeness (QED) is 0.232. The van der Waals surface area contributed by atoms with Crippen LogP contribution in [0.15, 0.2) is 55.0 Å². The summed E-state index contributed by atoms with van der Waals surface area (Å²) in [6.07, 6.45) is 6.30. The van der Waals surface area contributed by atoms with Crippen molar-refractivity contribution < 1.29 is 9.50 Å². The molecular weight excluding hydrogens is 538 g/mol. The lowest BCUT2D eigenvalue weighted by atomic mass is 9.85. The summed E-state index contributed by atoms with van der Waals surface area (Å²) in [5.41, 5.74) is 3.39. The van der Waals surface area contributed by atoms with Crippen LogP contribution in [0.1, 0.15) is 36.5 Å². The number of nitriles is 1. The second kappa shape index (κ2) is 11.3. The highest BCUT2D eigenvalue weighted by molar-refractivity contribution is 6.36. The van der Waals surface area contributed by atoms with Gasteiger partial charge in [0.1, 0.15) is 11.9 Å². The Balaban J connectivity index is 1.41. The average molecular weight is 565 g/mol. The molecule has 2 aromatic heterocycles. The molecule has 2 aromatic carbocycles. The van der Waals surface area contributed by atoms with Crippen molar-refractivity contribution in [2.75, 3.05) is 30.3 Å². The van der Waals surface area contributed by atoms with Gasteiger partial charge in [-0.15, -0.1) is 0 Å². The van der Waals surface area contributed by atoms with E-state index < -0.39 is 11.4 Å². The Morgan fingerprint density at radius 3 is 2.56 bits per heavy atom. The maximum absolute atomic E-state index is 13.7. The van der Waals surface area contributed by atoms with Crippen molar-refractivity contribution >= 4 is 51.2 Å². The van der Waals surface area contributed by atoms with Crippen LogP contribution in [0.25, 0.3) is 10.9 Å². The molecule has 4 aromatic rings. The highest BCUT2D eigenvalue weighted by atomic mass is 35.5. The number of pyridine rings is 2. The van der Waals surface area contributed by atoms with Crippen LogP contribution in [0.5, 0.6) is 0 Å². The minimum atomic E-state index is -0.885. The van der Waals surface area contributed by atoms with E-state index in [1.165, 1.54) is 18.3 Å². The third-order valence-electron chi connectivity index (χ3n) is 7.19. The monoisotopic (exact) mass is 564 g/mol. The molecule has 0 amide bonds. The molecule has 0 bridgehead atoms. The Morgan fingerprint density at radius 2 is 1.85 bits per heavy atom. The number of hydrogen-bond acceptors (Lipinski definition) is 7. The molecule has 1 fully saturated rings. The molecule has 200 valence electrons. The van der Waals surface area contributed by atoms with E-state index in [4.69, 9.17) is 23.2 Å². The fraction of sp³-hybridized carbons (Fsp3) is 0.276. The molecule has 0 unspecified atom stereocenters. The Labute approximate surface area is 236 Å². The van der Waals surface area contributed by atoms with Crippen molar-refractivity contribution in [3.8, 4) is 6.07 Å². The fourth-order valence-electron chi connectivity index (χ4n) is 4.87. The van der Waals surface area contributed by atoms with E-state index in [9.17, 15) is 14.8 Å². The first-order chi connectivity index (χ1) is 18.8. The first-order valence-electron chi connectivity index (χ1n) is 12.7. The van der Waals surface area contributed by atoms with E-state index >= 15 is 0 Å². The lowest BCUT2D eigenvalue weighted by Crippen LogP contribution is -2.42. The molecule has 1 aliphatic rings. The molecule has 10 heteroatoms. The van der Waals surface area contributed by atoms with E-state index in [0.29, 0.717) is 57.9 Å². The fourth-order valence-corrected chi connectivity index (χ4v) is 5.32. The van der Waals surface area contributed by atoms with Gasteiger partial charge < -0.3 is 20.6 Å². The van der Waals surface area contributed by atoms with Gasteiger partial charge in [0.15, 0.2) is 0 Å². The Bertz CT molecular complexity index is 1570. The number of halogens is 3. The highest BCUT2D eigenvalue weighted by Gasteiger charge is 2.34. The lowest BCUT2D eigenvalue weighted by molar-refractivity contribution is -0.0250. The maximum atomic E-state index is 13.7. The minimum absolute atomic E-state index is 0.0336. The van der Waals surface area contributed by atoms with Crippen molar-refractivity contribution in [3.05, 3.63) is 87.5 Å². The first-order valence-corrected chi connectivity index (χ1v) is 13.4. The van der Waals surface area contributed by atoms with Gasteiger partial charge in [0.25, 0.3) is 0 Å². The maximum Gasteiger partial charge on any atom is 0.141 e. The number of aliphatic hydroxyl groups is 1. The van der Waals surface area contributed by atoms with Crippen LogP contribution in [-0.4, -0.2) is 39.6 Å². The molecule has 0 saturated carbocycles. The average Bonchev–Trinajstić information content (AvgIpc) is 2.95.